The molecule has 2 rings (SSSR count). The Morgan fingerprint density at radius 3 is 2.25 bits per heavy atom. The van der Waals surface area contributed by atoms with E-state index in [4.69, 9.17) is 0 Å². The molecule has 1 unspecified atom stereocenters. The maximum atomic E-state index is 13.1. The molecule has 0 saturated carbocycles. The summed E-state index contributed by atoms with van der Waals surface area (Å²) >= 11 is 0. The predicted octanol–water partition coefficient (Wildman–Crippen LogP) is 3.16. The van der Waals surface area contributed by atoms with Gasteiger partial charge >= 0.3 is 0 Å². The lowest BCUT2D eigenvalue weighted by Gasteiger charge is -2.10. The van der Waals surface area contributed by atoms with E-state index in [2.05, 4.69) is 0 Å². The Hall–Kier alpha value is -1.96. The molecule has 0 bridgehead atoms. The van der Waals surface area contributed by atoms with E-state index in [1.54, 1.807) is 12.1 Å². The highest BCUT2D eigenvalue weighted by Gasteiger charge is 2.12. The highest BCUT2D eigenvalue weighted by Crippen LogP contribution is 2.22. The molecule has 1 atom stereocenters. The third-order valence-corrected chi connectivity index (χ3v) is 2.50. The standard InChI is InChI=1S/C14H11FO/c15-13-8-4-7-12(9-13)14(10-16)11-5-2-1-3-6-11/h1-10,14H. The fourth-order valence-corrected chi connectivity index (χ4v) is 1.71. The highest BCUT2D eigenvalue weighted by molar-refractivity contribution is 5.68. The van der Waals surface area contributed by atoms with Crippen molar-refractivity contribution in [1.29, 1.82) is 0 Å². The van der Waals surface area contributed by atoms with Crippen molar-refractivity contribution in [2.75, 3.05) is 0 Å². The maximum Gasteiger partial charge on any atom is 0.131 e. The number of hydrogen-bond donors (Lipinski definition) is 0. The van der Waals surface area contributed by atoms with Gasteiger partial charge in [-0.05, 0) is 23.3 Å². The van der Waals surface area contributed by atoms with Crippen LogP contribution in [-0.4, -0.2) is 6.29 Å². The summed E-state index contributed by atoms with van der Waals surface area (Å²) in [6.07, 6.45) is 0.837. The van der Waals surface area contributed by atoms with Gasteiger partial charge < -0.3 is 4.79 Å². The molecule has 0 N–H and O–H groups in total. The molecular formula is C14H11FO. The van der Waals surface area contributed by atoms with E-state index >= 15 is 0 Å². The van der Waals surface area contributed by atoms with Gasteiger partial charge in [-0.1, -0.05) is 42.5 Å². The molecule has 0 radical (unpaired) electrons. The second kappa shape index (κ2) is 4.71. The molecule has 0 saturated heterocycles. The van der Waals surface area contributed by atoms with Crippen LogP contribution >= 0.6 is 0 Å². The van der Waals surface area contributed by atoms with Crippen LogP contribution in [0.2, 0.25) is 0 Å². The van der Waals surface area contributed by atoms with Gasteiger partial charge in [0, 0.05) is 0 Å². The fraction of sp³-hybridized carbons (Fsp3) is 0.0714. The molecule has 0 spiro atoms. The zero-order valence-electron chi connectivity index (χ0n) is 8.64. The molecule has 2 heteroatoms. The molecule has 0 aromatic heterocycles. The molecule has 0 heterocycles. The van der Waals surface area contributed by atoms with Crippen molar-refractivity contribution >= 4 is 6.29 Å². The van der Waals surface area contributed by atoms with E-state index < -0.39 is 5.92 Å². The Morgan fingerprint density at radius 2 is 1.62 bits per heavy atom. The van der Waals surface area contributed by atoms with Crippen LogP contribution < -0.4 is 0 Å². The van der Waals surface area contributed by atoms with Crippen LogP contribution in [0, 0.1) is 5.82 Å². The second-order valence-corrected chi connectivity index (χ2v) is 3.58. The van der Waals surface area contributed by atoms with Gasteiger partial charge in [0.1, 0.15) is 12.1 Å². The quantitative estimate of drug-likeness (QED) is 0.717. The monoisotopic (exact) mass is 214 g/mol. The van der Waals surface area contributed by atoms with E-state index in [0.717, 1.165) is 11.8 Å². The number of carbonyl (C=O) groups is 1. The summed E-state index contributed by atoms with van der Waals surface area (Å²) in [5, 5.41) is 0. The molecule has 0 aliphatic rings. The van der Waals surface area contributed by atoms with Gasteiger partial charge in [0.05, 0.1) is 5.92 Å². The number of carbonyl (C=O) groups excluding carboxylic acids is 1. The summed E-state index contributed by atoms with van der Waals surface area (Å²) in [5.41, 5.74) is 1.56. The van der Waals surface area contributed by atoms with Crippen molar-refractivity contribution < 1.29 is 9.18 Å². The Balaban J connectivity index is 2.41. The first-order chi connectivity index (χ1) is 7.81. The highest BCUT2D eigenvalue weighted by atomic mass is 19.1. The zero-order chi connectivity index (χ0) is 11.4. The van der Waals surface area contributed by atoms with Crippen molar-refractivity contribution in [2.24, 2.45) is 0 Å². The molecule has 0 fully saturated rings. The molecule has 2 aromatic rings. The molecule has 0 aliphatic heterocycles. The number of rotatable bonds is 3. The smallest absolute Gasteiger partial charge is 0.131 e. The number of aldehydes is 1. The third-order valence-electron chi connectivity index (χ3n) is 2.50. The molecule has 80 valence electrons. The van der Waals surface area contributed by atoms with Gasteiger partial charge in [0.15, 0.2) is 0 Å². The molecule has 1 nitrogen and oxygen atoms in total. The van der Waals surface area contributed by atoms with Crippen molar-refractivity contribution in [3.8, 4) is 0 Å². The lowest BCUT2D eigenvalue weighted by Crippen LogP contribution is -2.02. The van der Waals surface area contributed by atoms with E-state index in [1.807, 2.05) is 30.3 Å². The van der Waals surface area contributed by atoms with E-state index in [9.17, 15) is 9.18 Å². The van der Waals surface area contributed by atoms with Gasteiger partial charge in [-0.15, -0.1) is 0 Å². The maximum absolute atomic E-state index is 13.1. The van der Waals surface area contributed by atoms with Gasteiger partial charge in [-0.3, -0.25) is 0 Å². The summed E-state index contributed by atoms with van der Waals surface area (Å²) in [7, 11) is 0. The van der Waals surface area contributed by atoms with Gasteiger partial charge in [-0.25, -0.2) is 4.39 Å². The van der Waals surface area contributed by atoms with Crippen LogP contribution in [0.4, 0.5) is 4.39 Å². The average molecular weight is 214 g/mol. The average Bonchev–Trinajstić information content (AvgIpc) is 2.31. The van der Waals surface area contributed by atoms with Gasteiger partial charge in [0.25, 0.3) is 0 Å². The van der Waals surface area contributed by atoms with Crippen LogP contribution in [0.5, 0.6) is 0 Å². The third kappa shape index (κ3) is 2.16. The molecule has 2 aromatic carbocycles. The number of hydrogen-bond acceptors (Lipinski definition) is 1. The first-order valence-electron chi connectivity index (χ1n) is 5.07. The van der Waals surface area contributed by atoms with E-state index in [1.165, 1.54) is 12.1 Å². The Morgan fingerprint density at radius 1 is 0.938 bits per heavy atom. The summed E-state index contributed by atoms with van der Waals surface area (Å²) in [6, 6.07) is 15.5. The summed E-state index contributed by atoms with van der Waals surface area (Å²) in [6.45, 7) is 0. The van der Waals surface area contributed by atoms with Crippen molar-refractivity contribution in [2.45, 2.75) is 5.92 Å². The first kappa shape index (κ1) is 10.6. The predicted molar refractivity (Wildman–Crippen MR) is 60.7 cm³/mol. The largest absolute Gasteiger partial charge is 0.302 e. The first-order valence-corrected chi connectivity index (χ1v) is 5.07. The Kier molecular flexibility index (Phi) is 3.10. The minimum atomic E-state index is -0.392. The second-order valence-electron chi connectivity index (χ2n) is 3.58. The molecule has 0 amide bonds. The zero-order valence-corrected chi connectivity index (χ0v) is 8.64. The van der Waals surface area contributed by atoms with Crippen LogP contribution in [0.25, 0.3) is 0 Å². The van der Waals surface area contributed by atoms with Crippen molar-refractivity contribution in [1.82, 2.24) is 0 Å². The summed E-state index contributed by atoms with van der Waals surface area (Å²) in [5.74, 6) is -0.711. The molecular weight excluding hydrogens is 203 g/mol. The lowest BCUT2D eigenvalue weighted by atomic mass is 9.93. The number of benzene rings is 2. The lowest BCUT2D eigenvalue weighted by molar-refractivity contribution is -0.108. The van der Waals surface area contributed by atoms with E-state index in [0.29, 0.717) is 5.56 Å². The topological polar surface area (TPSA) is 17.1 Å². The minimum absolute atomic E-state index is 0.319. The summed E-state index contributed by atoms with van der Waals surface area (Å²) < 4.78 is 13.1. The normalized spacial score (nSPS) is 12.1. The molecule has 0 aliphatic carbocycles. The fourth-order valence-electron chi connectivity index (χ4n) is 1.71. The van der Waals surface area contributed by atoms with Crippen LogP contribution in [-0.2, 0) is 4.79 Å². The molecule has 16 heavy (non-hydrogen) atoms. The van der Waals surface area contributed by atoms with Crippen molar-refractivity contribution in [3.05, 3.63) is 71.5 Å². The summed E-state index contributed by atoms with van der Waals surface area (Å²) in [4.78, 5) is 11.1. The SMILES string of the molecule is O=CC(c1ccccc1)c1cccc(F)c1. The van der Waals surface area contributed by atoms with Crippen LogP contribution in [0.15, 0.2) is 54.6 Å². The van der Waals surface area contributed by atoms with Crippen LogP contribution in [0.3, 0.4) is 0 Å². The van der Waals surface area contributed by atoms with Gasteiger partial charge in [-0.2, -0.15) is 0 Å². The van der Waals surface area contributed by atoms with E-state index in [-0.39, 0.29) is 5.82 Å². The van der Waals surface area contributed by atoms with Crippen molar-refractivity contribution in [3.63, 3.8) is 0 Å². The van der Waals surface area contributed by atoms with Gasteiger partial charge in [0.2, 0.25) is 0 Å². The Labute approximate surface area is 93.5 Å². The van der Waals surface area contributed by atoms with Crippen LogP contribution in [0.1, 0.15) is 17.0 Å². The number of halogens is 1. The Bertz CT molecular complexity index is 479. The minimum Gasteiger partial charge on any atom is -0.302 e.